The molecule has 0 aromatic carbocycles. The molecule has 0 aliphatic carbocycles. The van der Waals surface area contributed by atoms with Crippen molar-refractivity contribution in [2.75, 3.05) is 12.4 Å². The van der Waals surface area contributed by atoms with Gasteiger partial charge in [-0.05, 0) is 11.8 Å². The molecular weight excluding hydrogens is 137 g/mol. The van der Waals surface area contributed by atoms with Crippen LogP contribution in [0.3, 0.4) is 0 Å². The third-order valence-electron chi connectivity index (χ3n) is 0.258. The van der Waals surface area contributed by atoms with E-state index in [1.165, 1.54) is 0 Å². The molecule has 0 amide bonds. The van der Waals surface area contributed by atoms with Crippen molar-refractivity contribution in [3.05, 3.63) is 0 Å². The van der Waals surface area contributed by atoms with E-state index in [0.29, 0.717) is 5.75 Å². The van der Waals surface area contributed by atoms with Crippen LogP contribution in [0.5, 0.6) is 0 Å². The first kappa shape index (κ1) is 11.3. The van der Waals surface area contributed by atoms with Crippen LogP contribution >= 0.6 is 11.8 Å². The SMILES string of the molecule is N#CSCCO.[KH]. The first-order valence-electron chi connectivity index (χ1n) is 1.53. The van der Waals surface area contributed by atoms with Crippen molar-refractivity contribution >= 4 is 63.1 Å². The molecule has 7 heavy (non-hydrogen) atoms. The summed E-state index contributed by atoms with van der Waals surface area (Å²) in [6, 6.07) is 0. The van der Waals surface area contributed by atoms with Gasteiger partial charge in [0, 0.05) is 5.75 Å². The molecule has 0 saturated carbocycles. The molecule has 0 aliphatic rings. The van der Waals surface area contributed by atoms with Crippen LogP contribution in [0.25, 0.3) is 0 Å². The Hall–Kier alpha value is 1.44. The summed E-state index contributed by atoms with van der Waals surface area (Å²) in [6.07, 6.45) is 0. The number of thioether (sulfide) groups is 1. The number of thiocyanates is 1. The first-order valence-corrected chi connectivity index (χ1v) is 2.52. The van der Waals surface area contributed by atoms with Crippen LogP contribution in [0, 0.1) is 10.7 Å². The predicted octanol–water partition coefficient (Wildman–Crippen LogP) is -0.456. The summed E-state index contributed by atoms with van der Waals surface area (Å²) >= 11 is 1.06. The second-order valence-electron chi connectivity index (χ2n) is 0.663. The van der Waals surface area contributed by atoms with Crippen LogP contribution in [-0.2, 0) is 0 Å². The molecule has 4 heteroatoms. The molecule has 0 heterocycles. The molecule has 0 aromatic heterocycles. The van der Waals surface area contributed by atoms with Gasteiger partial charge >= 0.3 is 51.4 Å². The van der Waals surface area contributed by atoms with E-state index >= 15 is 0 Å². The Morgan fingerprint density at radius 3 is 2.43 bits per heavy atom. The van der Waals surface area contributed by atoms with Gasteiger partial charge in [-0.1, -0.05) is 0 Å². The fourth-order valence-electron chi connectivity index (χ4n) is 0.0913. The van der Waals surface area contributed by atoms with Gasteiger partial charge in [0.1, 0.15) is 5.40 Å². The zero-order valence-corrected chi connectivity index (χ0v) is 4.03. The van der Waals surface area contributed by atoms with Gasteiger partial charge in [0.05, 0.1) is 6.61 Å². The molecule has 0 atom stereocenters. The van der Waals surface area contributed by atoms with Crippen molar-refractivity contribution in [2.24, 2.45) is 0 Å². The maximum absolute atomic E-state index is 8.03. The Labute approximate surface area is 89.7 Å². The Balaban J connectivity index is 0. The molecule has 0 fully saturated rings. The molecule has 0 radical (unpaired) electrons. The van der Waals surface area contributed by atoms with Crippen LogP contribution < -0.4 is 0 Å². The van der Waals surface area contributed by atoms with E-state index < -0.39 is 0 Å². The Bertz CT molecular complexity index is 62.4. The third-order valence-corrected chi connectivity index (χ3v) is 0.774. The predicted molar refractivity (Wildman–Crippen MR) is 32.3 cm³/mol. The van der Waals surface area contributed by atoms with Crippen LogP contribution in [-0.4, -0.2) is 68.9 Å². The van der Waals surface area contributed by atoms with Crippen molar-refractivity contribution in [2.45, 2.75) is 0 Å². The van der Waals surface area contributed by atoms with E-state index in [4.69, 9.17) is 10.4 Å². The van der Waals surface area contributed by atoms with Gasteiger partial charge in [-0.15, -0.1) is 0 Å². The van der Waals surface area contributed by atoms with Gasteiger partial charge in [-0.25, -0.2) is 0 Å². The summed E-state index contributed by atoms with van der Waals surface area (Å²) in [7, 11) is 0. The molecular formula is C3H6KNOS. The number of aliphatic hydroxyl groups is 1. The Morgan fingerprint density at radius 1 is 1.71 bits per heavy atom. The van der Waals surface area contributed by atoms with Gasteiger partial charge in [0.2, 0.25) is 0 Å². The van der Waals surface area contributed by atoms with Crippen molar-refractivity contribution in [3.63, 3.8) is 0 Å². The fraction of sp³-hybridized carbons (Fsp3) is 0.667. The summed E-state index contributed by atoms with van der Waals surface area (Å²) in [5.41, 5.74) is 0. The molecule has 0 rings (SSSR count). The fourth-order valence-corrected chi connectivity index (χ4v) is 0.274. The minimum atomic E-state index is 0. The minimum absolute atomic E-state index is 0. The van der Waals surface area contributed by atoms with Gasteiger partial charge in [-0.3, -0.25) is 0 Å². The van der Waals surface area contributed by atoms with Crippen molar-refractivity contribution in [1.29, 1.82) is 5.26 Å². The Morgan fingerprint density at radius 2 is 2.29 bits per heavy atom. The summed E-state index contributed by atoms with van der Waals surface area (Å²) in [6.45, 7) is 0.0955. The van der Waals surface area contributed by atoms with Crippen LogP contribution in [0.1, 0.15) is 0 Å². The summed E-state index contributed by atoms with van der Waals surface area (Å²) in [4.78, 5) is 0. The molecule has 0 unspecified atom stereocenters. The number of hydrogen-bond donors (Lipinski definition) is 1. The van der Waals surface area contributed by atoms with E-state index in [9.17, 15) is 0 Å². The molecule has 0 aliphatic heterocycles. The Kier molecular flexibility index (Phi) is 16.8. The van der Waals surface area contributed by atoms with Crippen LogP contribution in [0.4, 0.5) is 0 Å². The molecule has 0 aromatic rings. The molecule has 0 bridgehead atoms. The first-order chi connectivity index (χ1) is 2.91. The average Bonchev–Trinajstić information content (AvgIpc) is 1.61. The zero-order valence-electron chi connectivity index (χ0n) is 3.22. The quantitative estimate of drug-likeness (QED) is 0.323. The van der Waals surface area contributed by atoms with E-state index in [-0.39, 0.29) is 58.0 Å². The van der Waals surface area contributed by atoms with Crippen LogP contribution in [0.15, 0.2) is 0 Å². The van der Waals surface area contributed by atoms with Crippen molar-refractivity contribution in [3.8, 4) is 5.40 Å². The van der Waals surface area contributed by atoms with E-state index in [1.54, 1.807) is 0 Å². The summed E-state index contributed by atoms with van der Waals surface area (Å²) in [5.74, 6) is 0.524. The van der Waals surface area contributed by atoms with Crippen molar-refractivity contribution in [1.82, 2.24) is 0 Å². The third kappa shape index (κ3) is 11.2. The molecule has 2 nitrogen and oxygen atoms in total. The van der Waals surface area contributed by atoms with Gasteiger partial charge in [0.15, 0.2) is 0 Å². The number of rotatable bonds is 2. The number of nitrogens with zero attached hydrogens (tertiary/aromatic N) is 1. The maximum atomic E-state index is 8.03. The average molecular weight is 143 g/mol. The topological polar surface area (TPSA) is 44.0 Å². The van der Waals surface area contributed by atoms with Gasteiger partial charge < -0.3 is 5.11 Å². The second kappa shape index (κ2) is 10.4. The van der Waals surface area contributed by atoms with E-state index in [1.807, 2.05) is 5.40 Å². The summed E-state index contributed by atoms with van der Waals surface area (Å²) < 4.78 is 0. The molecule has 0 spiro atoms. The van der Waals surface area contributed by atoms with E-state index in [0.717, 1.165) is 11.8 Å². The molecule has 36 valence electrons. The normalized spacial score (nSPS) is 6.29. The number of nitriles is 1. The molecule has 0 saturated heterocycles. The summed E-state index contributed by atoms with van der Waals surface area (Å²) in [5, 5.41) is 17.6. The van der Waals surface area contributed by atoms with Crippen molar-refractivity contribution < 1.29 is 5.11 Å². The number of aliphatic hydroxyl groups excluding tert-OH is 1. The zero-order chi connectivity index (χ0) is 4.83. The van der Waals surface area contributed by atoms with Gasteiger partial charge in [-0.2, -0.15) is 5.26 Å². The molecule has 1 N–H and O–H groups in total. The van der Waals surface area contributed by atoms with Gasteiger partial charge in [0.25, 0.3) is 0 Å². The number of hydrogen-bond acceptors (Lipinski definition) is 3. The van der Waals surface area contributed by atoms with Crippen LogP contribution in [0.2, 0.25) is 0 Å². The monoisotopic (exact) mass is 143 g/mol. The second-order valence-corrected chi connectivity index (χ2v) is 1.54. The van der Waals surface area contributed by atoms with E-state index in [2.05, 4.69) is 0 Å². The standard InChI is InChI=1S/C3H5NOS.K.H/c4-3-6-2-1-5;;/h5H,1-2H2;;.